The van der Waals surface area contributed by atoms with Gasteiger partial charge >= 0.3 is 5.97 Å². The number of carboxylic acids is 1. The highest BCUT2D eigenvalue weighted by Crippen LogP contribution is 2.16. The maximum atomic E-state index is 10.1. The minimum Gasteiger partial charge on any atom is -0.480 e. The van der Waals surface area contributed by atoms with E-state index in [1.165, 1.54) is 0 Å². The van der Waals surface area contributed by atoms with Crippen LogP contribution in [0, 0.1) is 12.8 Å². The van der Waals surface area contributed by atoms with Crippen LogP contribution in [0.15, 0.2) is 36.5 Å². The fraction of sp³-hybridized carbons (Fsp3) is 0.250. The molecule has 0 amide bonds. The summed E-state index contributed by atoms with van der Waals surface area (Å²) < 4.78 is 0. The van der Waals surface area contributed by atoms with Gasteiger partial charge in [0.1, 0.15) is 11.9 Å². The van der Waals surface area contributed by atoms with Crippen LogP contribution in [0.25, 0.3) is 10.8 Å². The van der Waals surface area contributed by atoms with Crippen LogP contribution >= 0.6 is 0 Å². The van der Waals surface area contributed by atoms with Crippen LogP contribution in [0.5, 0.6) is 0 Å². The Kier molecular flexibility index (Phi) is 6.72. The number of aromatic nitrogens is 1. The van der Waals surface area contributed by atoms with Gasteiger partial charge in [-0.2, -0.15) is 0 Å². The number of terminal acetylenes is 1. The van der Waals surface area contributed by atoms with Gasteiger partial charge in [-0.1, -0.05) is 24.3 Å². The van der Waals surface area contributed by atoms with E-state index in [2.05, 4.69) is 23.1 Å². The third-order valence-electron chi connectivity index (χ3n) is 3.06. The lowest BCUT2D eigenvalue weighted by Crippen LogP contribution is -2.29. The smallest absolute Gasteiger partial charge is 0.320 e. The molecular formula is C16H19N3O2. The van der Waals surface area contributed by atoms with Gasteiger partial charge in [-0.3, -0.25) is 4.79 Å². The van der Waals surface area contributed by atoms with Crippen molar-refractivity contribution in [2.45, 2.75) is 18.9 Å². The SMILES string of the molecule is C#C.Nc1nccc2ccccc12.O=C(O)[C@@H]1CCCN1. The third-order valence-corrected chi connectivity index (χ3v) is 3.06. The summed E-state index contributed by atoms with van der Waals surface area (Å²) in [6, 6.07) is 9.62. The summed E-state index contributed by atoms with van der Waals surface area (Å²) in [5.41, 5.74) is 5.65. The molecule has 1 aromatic carbocycles. The molecule has 1 aliphatic rings. The predicted molar refractivity (Wildman–Crippen MR) is 84.7 cm³/mol. The molecular weight excluding hydrogens is 266 g/mol. The molecule has 1 atom stereocenters. The lowest BCUT2D eigenvalue weighted by atomic mass is 10.2. The number of fused-ring (bicyclic) bond motifs is 1. The van der Waals surface area contributed by atoms with E-state index in [-0.39, 0.29) is 6.04 Å². The summed E-state index contributed by atoms with van der Waals surface area (Å²) in [5.74, 6) is -0.120. The van der Waals surface area contributed by atoms with Crippen molar-refractivity contribution < 1.29 is 9.90 Å². The average Bonchev–Trinajstić information content (AvgIpc) is 3.05. The van der Waals surface area contributed by atoms with E-state index < -0.39 is 5.97 Å². The molecule has 1 aliphatic heterocycles. The number of nitrogens with one attached hydrogen (secondary N) is 1. The molecule has 0 radical (unpaired) electrons. The number of nitrogen functional groups attached to an aromatic ring is 1. The Morgan fingerprint density at radius 2 is 2.05 bits per heavy atom. The molecule has 0 spiro atoms. The number of hydrogen-bond donors (Lipinski definition) is 3. The van der Waals surface area contributed by atoms with Crippen LogP contribution in [0.3, 0.4) is 0 Å². The van der Waals surface area contributed by atoms with Crippen molar-refractivity contribution in [3.8, 4) is 12.8 Å². The van der Waals surface area contributed by atoms with Crippen molar-refractivity contribution >= 4 is 22.6 Å². The van der Waals surface area contributed by atoms with Gasteiger partial charge < -0.3 is 16.2 Å². The second-order valence-corrected chi connectivity index (χ2v) is 4.40. The molecule has 5 nitrogen and oxygen atoms in total. The van der Waals surface area contributed by atoms with Crippen molar-refractivity contribution in [2.24, 2.45) is 0 Å². The number of carboxylic acid groups (broad SMARTS) is 1. The average molecular weight is 285 g/mol. The third kappa shape index (κ3) is 4.79. The van der Waals surface area contributed by atoms with Crippen LogP contribution in [0.1, 0.15) is 12.8 Å². The van der Waals surface area contributed by atoms with E-state index >= 15 is 0 Å². The summed E-state index contributed by atoms with van der Waals surface area (Å²) in [6.45, 7) is 0.858. The number of nitrogens with two attached hydrogens (primary N) is 1. The number of aliphatic carboxylic acids is 1. The molecule has 0 saturated carbocycles. The normalized spacial score (nSPS) is 16.2. The number of hydrogen-bond acceptors (Lipinski definition) is 4. The van der Waals surface area contributed by atoms with E-state index in [1.54, 1.807) is 6.20 Å². The zero-order valence-corrected chi connectivity index (χ0v) is 11.7. The Hall–Kier alpha value is -2.58. The first-order valence-corrected chi connectivity index (χ1v) is 6.57. The number of nitrogens with zero attached hydrogens (tertiary/aromatic N) is 1. The second kappa shape index (κ2) is 8.56. The molecule has 2 heterocycles. The number of anilines is 1. The van der Waals surface area contributed by atoms with E-state index in [0.717, 1.165) is 30.2 Å². The maximum Gasteiger partial charge on any atom is 0.320 e. The van der Waals surface area contributed by atoms with Crippen molar-refractivity contribution in [3.05, 3.63) is 36.5 Å². The van der Waals surface area contributed by atoms with Gasteiger partial charge in [0, 0.05) is 11.6 Å². The first-order valence-electron chi connectivity index (χ1n) is 6.57. The monoisotopic (exact) mass is 285 g/mol. The Balaban J connectivity index is 0.000000196. The van der Waals surface area contributed by atoms with E-state index in [4.69, 9.17) is 10.8 Å². The molecule has 4 N–H and O–H groups in total. The van der Waals surface area contributed by atoms with Crippen molar-refractivity contribution in [2.75, 3.05) is 12.3 Å². The minimum atomic E-state index is -0.720. The molecule has 1 fully saturated rings. The lowest BCUT2D eigenvalue weighted by Gasteiger charge is -1.99. The standard InChI is InChI=1S/C9H8N2.C5H9NO2.C2H2/c10-9-8-4-2-1-3-7(8)5-6-11-9;7-5(8)4-2-1-3-6-4;1-2/h1-6H,(H2,10,11);4,6H,1-3H2,(H,7,8);1-2H/t;4-;/m.0./s1. The summed E-state index contributed by atoms with van der Waals surface area (Å²) in [5, 5.41) is 13.4. The molecule has 1 aromatic heterocycles. The first kappa shape index (κ1) is 16.5. The fourth-order valence-electron chi connectivity index (χ4n) is 2.04. The maximum absolute atomic E-state index is 10.1. The van der Waals surface area contributed by atoms with Crippen LogP contribution in [0.2, 0.25) is 0 Å². The zero-order chi connectivity index (χ0) is 15.7. The van der Waals surface area contributed by atoms with Gasteiger partial charge in [-0.05, 0) is 30.8 Å². The van der Waals surface area contributed by atoms with Gasteiger partial charge in [0.25, 0.3) is 0 Å². The van der Waals surface area contributed by atoms with Crippen molar-refractivity contribution in [1.82, 2.24) is 10.3 Å². The molecule has 0 bridgehead atoms. The Bertz CT molecular complexity index is 599. The van der Waals surface area contributed by atoms with Crippen LogP contribution < -0.4 is 11.1 Å². The molecule has 3 rings (SSSR count). The van der Waals surface area contributed by atoms with E-state index in [1.807, 2.05) is 30.3 Å². The quantitative estimate of drug-likeness (QED) is 0.696. The van der Waals surface area contributed by atoms with Crippen molar-refractivity contribution in [1.29, 1.82) is 0 Å². The van der Waals surface area contributed by atoms with E-state index in [0.29, 0.717) is 5.82 Å². The van der Waals surface area contributed by atoms with Gasteiger partial charge in [-0.25, -0.2) is 4.98 Å². The lowest BCUT2D eigenvalue weighted by molar-refractivity contribution is -0.139. The predicted octanol–water partition coefficient (Wildman–Crippen LogP) is 1.89. The molecule has 1 saturated heterocycles. The topological polar surface area (TPSA) is 88.2 Å². The molecule has 110 valence electrons. The van der Waals surface area contributed by atoms with Crippen LogP contribution in [-0.4, -0.2) is 28.6 Å². The Labute approximate surface area is 124 Å². The molecule has 2 aromatic rings. The van der Waals surface area contributed by atoms with Gasteiger partial charge in [0.05, 0.1) is 0 Å². The summed E-state index contributed by atoms with van der Waals surface area (Å²) in [7, 11) is 0. The highest BCUT2D eigenvalue weighted by molar-refractivity contribution is 5.90. The summed E-state index contributed by atoms with van der Waals surface area (Å²) >= 11 is 0. The zero-order valence-electron chi connectivity index (χ0n) is 11.7. The largest absolute Gasteiger partial charge is 0.480 e. The van der Waals surface area contributed by atoms with Crippen LogP contribution in [-0.2, 0) is 4.79 Å². The van der Waals surface area contributed by atoms with Gasteiger partial charge in [0.2, 0.25) is 0 Å². The molecule has 0 aliphatic carbocycles. The highest BCUT2D eigenvalue weighted by atomic mass is 16.4. The summed E-state index contributed by atoms with van der Waals surface area (Å²) in [6.07, 6.45) is 11.5. The Morgan fingerprint density at radius 1 is 1.33 bits per heavy atom. The number of pyridine rings is 1. The van der Waals surface area contributed by atoms with Crippen molar-refractivity contribution in [3.63, 3.8) is 0 Å². The summed E-state index contributed by atoms with van der Waals surface area (Å²) in [4.78, 5) is 14.1. The van der Waals surface area contributed by atoms with Gasteiger partial charge in [-0.15, -0.1) is 12.8 Å². The van der Waals surface area contributed by atoms with Gasteiger partial charge in [0.15, 0.2) is 0 Å². The molecule has 5 heteroatoms. The highest BCUT2D eigenvalue weighted by Gasteiger charge is 2.20. The minimum absolute atomic E-state index is 0.269. The van der Waals surface area contributed by atoms with E-state index in [9.17, 15) is 4.79 Å². The molecule has 21 heavy (non-hydrogen) atoms. The van der Waals surface area contributed by atoms with Crippen LogP contribution in [0.4, 0.5) is 5.82 Å². The second-order valence-electron chi connectivity index (χ2n) is 4.40. The number of rotatable bonds is 1. The Morgan fingerprint density at radius 3 is 2.57 bits per heavy atom. The number of carbonyl (C=O) groups is 1. The first-order chi connectivity index (χ1) is 10.2. The number of benzene rings is 1. The fourth-order valence-corrected chi connectivity index (χ4v) is 2.04. The molecule has 0 unspecified atom stereocenters.